The number of methoxy groups -OCH3 is 2. The number of ketones is 1. The summed E-state index contributed by atoms with van der Waals surface area (Å²) in [6.45, 7) is 5.23. The first-order valence-corrected chi connectivity index (χ1v) is 10.2. The molecular formula is C24H31BrN2O3. The molecule has 1 aliphatic heterocycles. The molecule has 0 saturated heterocycles. The van der Waals surface area contributed by atoms with Crippen LogP contribution in [-0.4, -0.2) is 38.9 Å². The van der Waals surface area contributed by atoms with Gasteiger partial charge in [0.25, 0.3) is 0 Å². The average Bonchev–Trinajstić information content (AvgIpc) is 3.02. The van der Waals surface area contributed by atoms with Crippen molar-refractivity contribution in [1.82, 2.24) is 0 Å². The number of aryl methyl sites for hydroxylation is 2. The molecule has 30 heavy (non-hydrogen) atoms. The van der Waals surface area contributed by atoms with Gasteiger partial charge < -0.3 is 14.4 Å². The van der Waals surface area contributed by atoms with Gasteiger partial charge in [0.15, 0.2) is 17.3 Å². The molecule has 0 aromatic heterocycles. The van der Waals surface area contributed by atoms with Crippen LogP contribution in [0.3, 0.4) is 0 Å². The van der Waals surface area contributed by atoms with E-state index in [-0.39, 0.29) is 29.3 Å². The Morgan fingerprint density at radius 2 is 1.77 bits per heavy atom. The lowest BCUT2D eigenvalue weighted by Crippen LogP contribution is -2.36. The molecule has 0 fully saturated rings. The van der Waals surface area contributed by atoms with Gasteiger partial charge in [-0.3, -0.25) is 9.79 Å². The third-order valence-corrected chi connectivity index (χ3v) is 5.33. The van der Waals surface area contributed by atoms with Crippen LogP contribution >= 0.6 is 17.0 Å². The van der Waals surface area contributed by atoms with Crippen LogP contribution in [0.25, 0.3) is 0 Å². The number of hydrogen-bond acceptors (Lipinski definition) is 5. The van der Waals surface area contributed by atoms with Crippen LogP contribution in [-0.2, 0) is 0 Å². The number of aliphatic imine (C=N–C) groups is 1. The first kappa shape index (κ1) is 23.9. The summed E-state index contributed by atoms with van der Waals surface area (Å²) in [5.41, 5.74) is 3.97. The largest absolute Gasteiger partial charge is 0.493 e. The molecule has 2 aromatic carbocycles. The van der Waals surface area contributed by atoms with Gasteiger partial charge in [0.05, 0.1) is 20.8 Å². The number of benzene rings is 2. The van der Waals surface area contributed by atoms with E-state index in [0.29, 0.717) is 17.1 Å². The minimum absolute atomic E-state index is 0. The van der Waals surface area contributed by atoms with E-state index in [4.69, 9.17) is 14.5 Å². The number of anilines is 1. The van der Waals surface area contributed by atoms with E-state index in [1.54, 1.807) is 32.4 Å². The molecule has 0 unspecified atom stereocenters. The highest BCUT2D eigenvalue weighted by Gasteiger charge is 2.22. The molecule has 0 radical (unpaired) electrons. The lowest BCUT2D eigenvalue weighted by atomic mass is 10.1. The standard InChI is InChI=1S/C24H30N2O3.BrH/c1-17-9-10-18(2)20(14-17)26(24-8-6-5-7-13-25-24)16-21(27)19-11-12-22(28-3)23(15-19)29-4;/h9-12,14-15H,5-8,13,16H2,1-4H3;1H. The van der Waals surface area contributed by atoms with Gasteiger partial charge in [0.1, 0.15) is 5.84 Å². The molecule has 5 nitrogen and oxygen atoms in total. The van der Waals surface area contributed by atoms with Gasteiger partial charge in [0.2, 0.25) is 0 Å². The zero-order valence-electron chi connectivity index (χ0n) is 18.2. The maximum atomic E-state index is 13.2. The number of ether oxygens (including phenoxy) is 2. The quantitative estimate of drug-likeness (QED) is 0.514. The Bertz CT molecular complexity index is 911. The molecular weight excluding hydrogens is 444 g/mol. The molecule has 0 atom stereocenters. The molecule has 0 saturated carbocycles. The second-order valence-electron chi connectivity index (χ2n) is 7.48. The van der Waals surface area contributed by atoms with Crippen molar-refractivity contribution in [3.8, 4) is 11.5 Å². The van der Waals surface area contributed by atoms with E-state index in [9.17, 15) is 4.79 Å². The summed E-state index contributed by atoms with van der Waals surface area (Å²) in [6.07, 6.45) is 4.28. The van der Waals surface area contributed by atoms with E-state index < -0.39 is 0 Å². The summed E-state index contributed by atoms with van der Waals surface area (Å²) in [6, 6.07) is 11.7. The predicted octanol–water partition coefficient (Wildman–Crippen LogP) is 5.56. The Hall–Kier alpha value is -2.34. The molecule has 162 valence electrons. The Labute approximate surface area is 189 Å². The number of nitrogens with zero attached hydrogens (tertiary/aromatic N) is 2. The Morgan fingerprint density at radius 1 is 1.00 bits per heavy atom. The number of rotatable bonds is 6. The van der Waals surface area contributed by atoms with Crippen LogP contribution in [0, 0.1) is 13.8 Å². The third-order valence-electron chi connectivity index (χ3n) is 5.33. The third kappa shape index (κ3) is 5.63. The van der Waals surface area contributed by atoms with Gasteiger partial charge in [-0.05, 0) is 62.1 Å². The summed E-state index contributed by atoms with van der Waals surface area (Å²) in [5.74, 6) is 2.20. The van der Waals surface area contributed by atoms with Crippen LogP contribution in [0.5, 0.6) is 11.5 Å². The minimum Gasteiger partial charge on any atom is -0.493 e. The molecule has 0 bridgehead atoms. The van der Waals surface area contributed by atoms with Crippen LogP contribution in [0.2, 0.25) is 0 Å². The summed E-state index contributed by atoms with van der Waals surface area (Å²) in [4.78, 5) is 20.2. The van der Waals surface area contributed by atoms with E-state index in [0.717, 1.165) is 42.9 Å². The fraction of sp³-hybridized carbons (Fsp3) is 0.417. The SMILES string of the molecule is Br.COc1ccc(C(=O)CN(C2=NCCCCC2)c2cc(C)ccc2C)cc1OC. The lowest BCUT2D eigenvalue weighted by molar-refractivity contribution is 0.100. The van der Waals surface area contributed by atoms with Crippen molar-refractivity contribution in [2.24, 2.45) is 4.99 Å². The summed E-state index contributed by atoms with van der Waals surface area (Å²) in [7, 11) is 3.17. The van der Waals surface area contributed by atoms with Crippen LogP contribution in [0.15, 0.2) is 41.4 Å². The molecule has 2 aromatic rings. The van der Waals surface area contributed by atoms with Gasteiger partial charge in [-0.25, -0.2) is 0 Å². The van der Waals surface area contributed by atoms with Crippen molar-refractivity contribution < 1.29 is 14.3 Å². The molecule has 1 heterocycles. The van der Waals surface area contributed by atoms with Gasteiger partial charge in [-0.2, -0.15) is 0 Å². The number of hydrogen-bond donors (Lipinski definition) is 0. The summed E-state index contributed by atoms with van der Waals surface area (Å²) < 4.78 is 10.7. The Balaban J connectivity index is 0.00000320. The van der Waals surface area contributed by atoms with Crippen molar-refractivity contribution in [3.63, 3.8) is 0 Å². The van der Waals surface area contributed by atoms with Crippen LogP contribution in [0.1, 0.15) is 47.2 Å². The predicted molar refractivity (Wildman–Crippen MR) is 128 cm³/mol. The number of halogens is 1. The fourth-order valence-electron chi connectivity index (χ4n) is 3.65. The van der Waals surface area contributed by atoms with Crippen molar-refractivity contribution in [1.29, 1.82) is 0 Å². The second-order valence-corrected chi connectivity index (χ2v) is 7.48. The zero-order chi connectivity index (χ0) is 20.8. The van der Waals surface area contributed by atoms with Gasteiger partial charge in [0, 0.05) is 24.2 Å². The van der Waals surface area contributed by atoms with E-state index >= 15 is 0 Å². The van der Waals surface area contributed by atoms with Crippen molar-refractivity contribution >= 4 is 34.3 Å². The molecule has 6 heteroatoms. The number of carbonyl (C=O) groups is 1. The van der Waals surface area contributed by atoms with Gasteiger partial charge in [-0.1, -0.05) is 18.6 Å². The van der Waals surface area contributed by atoms with E-state index in [2.05, 4.69) is 36.9 Å². The Morgan fingerprint density at radius 3 is 2.50 bits per heavy atom. The molecule has 3 rings (SSSR count). The smallest absolute Gasteiger partial charge is 0.182 e. The Kier molecular flexibility index (Phi) is 8.90. The second kappa shape index (κ2) is 11.2. The number of carbonyl (C=O) groups excluding carboxylic acids is 1. The van der Waals surface area contributed by atoms with Crippen molar-refractivity contribution in [2.75, 3.05) is 32.2 Å². The first-order valence-electron chi connectivity index (χ1n) is 10.2. The highest BCUT2D eigenvalue weighted by atomic mass is 79.9. The maximum absolute atomic E-state index is 13.2. The monoisotopic (exact) mass is 474 g/mol. The van der Waals surface area contributed by atoms with Crippen molar-refractivity contribution in [2.45, 2.75) is 39.5 Å². The highest BCUT2D eigenvalue weighted by molar-refractivity contribution is 8.93. The molecule has 1 aliphatic rings. The summed E-state index contributed by atoms with van der Waals surface area (Å²) >= 11 is 0. The molecule has 0 amide bonds. The minimum atomic E-state index is 0. The maximum Gasteiger partial charge on any atom is 0.182 e. The van der Waals surface area contributed by atoms with E-state index in [1.807, 2.05) is 0 Å². The topological polar surface area (TPSA) is 51.1 Å². The zero-order valence-corrected chi connectivity index (χ0v) is 19.9. The molecule has 0 aliphatic carbocycles. The number of amidine groups is 1. The highest BCUT2D eigenvalue weighted by Crippen LogP contribution is 2.29. The molecule has 0 spiro atoms. The number of Topliss-reactive ketones (excluding diaryl/α,β-unsaturated/α-hetero) is 1. The van der Waals surface area contributed by atoms with Crippen LogP contribution < -0.4 is 14.4 Å². The van der Waals surface area contributed by atoms with Gasteiger partial charge in [-0.15, -0.1) is 17.0 Å². The normalized spacial score (nSPS) is 13.5. The van der Waals surface area contributed by atoms with Gasteiger partial charge >= 0.3 is 0 Å². The molecule has 0 N–H and O–H groups in total. The average molecular weight is 475 g/mol. The first-order chi connectivity index (χ1) is 14.0. The fourth-order valence-corrected chi connectivity index (χ4v) is 3.65. The lowest BCUT2D eigenvalue weighted by Gasteiger charge is -2.27. The summed E-state index contributed by atoms with van der Waals surface area (Å²) in [5, 5.41) is 0. The van der Waals surface area contributed by atoms with Crippen molar-refractivity contribution in [3.05, 3.63) is 53.1 Å². The van der Waals surface area contributed by atoms with E-state index in [1.165, 1.54) is 12.0 Å². The van der Waals surface area contributed by atoms with Crippen LogP contribution in [0.4, 0.5) is 5.69 Å².